The molecule has 0 unspecified atom stereocenters. The minimum atomic E-state index is -0.505. The van der Waals surface area contributed by atoms with E-state index in [9.17, 15) is 14.9 Å². The Morgan fingerprint density at radius 2 is 2.43 bits per heavy atom. The molecule has 9 heteroatoms. The third kappa shape index (κ3) is 5.00. The predicted molar refractivity (Wildman–Crippen MR) is 83.0 cm³/mol. The second-order valence-corrected chi connectivity index (χ2v) is 5.78. The first-order valence-electron chi connectivity index (χ1n) is 7.74. The van der Waals surface area contributed by atoms with E-state index in [0.717, 1.165) is 19.8 Å². The lowest BCUT2D eigenvalue weighted by Gasteiger charge is -2.37. The van der Waals surface area contributed by atoms with Gasteiger partial charge in [0.15, 0.2) is 0 Å². The molecule has 0 aromatic carbocycles. The van der Waals surface area contributed by atoms with Crippen LogP contribution in [0.4, 0.5) is 5.69 Å². The molecule has 1 aromatic rings. The highest BCUT2D eigenvalue weighted by molar-refractivity contribution is 5.75. The van der Waals surface area contributed by atoms with Crippen molar-refractivity contribution in [1.29, 1.82) is 0 Å². The Balaban J connectivity index is 1.70. The number of amides is 1. The van der Waals surface area contributed by atoms with Crippen molar-refractivity contribution in [3.8, 4) is 0 Å². The molecule has 1 amide bonds. The van der Waals surface area contributed by atoms with E-state index >= 15 is 0 Å². The van der Waals surface area contributed by atoms with Gasteiger partial charge in [0.25, 0.3) is 0 Å². The van der Waals surface area contributed by atoms with Crippen LogP contribution in [-0.4, -0.2) is 63.9 Å². The maximum atomic E-state index is 11.9. The second-order valence-electron chi connectivity index (χ2n) is 5.78. The Hall–Kier alpha value is -2.00. The molecule has 1 aliphatic heterocycles. The van der Waals surface area contributed by atoms with Crippen molar-refractivity contribution in [2.45, 2.75) is 38.9 Å². The average Bonchev–Trinajstić information content (AvgIpc) is 3.00. The Labute approximate surface area is 134 Å². The second kappa shape index (κ2) is 8.02. The summed E-state index contributed by atoms with van der Waals surface area (Å²) in [6.07, 6.45) is 2.75. The van der Waals surface area contributed by atoms with Gasteiger partial charge in [-0.3, -0.25) is 24.5 Å². The number of aryl methyl sites for hydroxylation is 1. The van der Waals surface area contributed by atoms with Gasteiger partial charge in [-0.15, -0.1) is 0 Å². The molecule has 0 spiro atoms. The topological polar surface area (TPSA) is 103 Å². The van der Waals surface area contributed by atoms with E-state index in [1.807, 2.05) is 0 Å². The van der Waals surface area contributed by atoms with Crippen LogP contribution in [0.3, 0.4) is 0 Å². The molecule has 9 nitrogen and oxygen atoms in total. The number of carbonyl (C=O) groups excluding carboxylic acids is 1. The summed E-state index contributed by atoms with van der Waals surface area (Å²) in [6, 6.07) is 0.587. The first-order valence-corrected chi connectivity index (χ1v) is 7.74. The van der Waals surface area contributed by atoms with Crippen LogP contribution in [0.1, 0.15) is 20.3 Å². The summed E-state index contributed by atoms with van der Waals surface area (Å²) in [5, 5.41) is 17.3. The highest BCUT2D eigenvalue weighted by Crippen LogP contribution is 2.10. The summed E-state index contributed by atoms with van der Waals surface area (Å²) in [5.41, 5.74) is -0.0691. The fraction of sp³-hybridized carbons (Fsp3) is 0.714. The van der Waals surface area contributed by atoms with E-state index in [1.165, 1.54) is 17.1 Å². The monoisotopic (exact) mass is 325 g/mol. The van der Waals surface area contributed by atoms with E-state index in [-0.39, 0.29) is 24.1 Å². The minimum Gasteiger partial charge on any atom is -0.379 e. The summed E-state index contributed by atoms with van der Waals surface area (Å²) >= 11 is 0. The van der Waals surface area contributed by atoms with Crippen LogP contribution in [0.25, 0.3) is 0 Å². The maximum absolute atomic E-state index is 11.9. The molecule has 0 bridgehead atoms. The van der Waals surface area contributed by atoms with Gasteiger partial charge in [0, 0.05) is 38.1 Å². The summed E-state index contributed by atoms with van der Waals surface area (Å²) in [5.74, 6) is -0.0871. The Kier molecular flexibility index (Phi) is 6.05. The van der Waals surface area contributed by atoms with Crippen molar-refractivity contribution in [3.05, 3.63) is 22.5 Å². The molecule has 0 aliphatic carbocycles. The first kappa shape index (κ1) is 17.4. The van der Waals surface area contributed by atoms with Crippen LogP contribution in [0, 0.1) is 10.1 Å². The number of carbonyl (C=O) groups is 1. The fourth-order valence-electron chi connectivity index (χ4n) is 2.65. The summed E-state index contributed by atoms with van der Waals surface area (Å²) in [7, 11) is 0. The van der Waals surface area contributed by atoms with Crippen LogP contribution in [0.5, 0.6) is 0 Å². The molecule has 23 heavy (non-hydrogen) atoms. The van der Waals surface area contributed by atoms with E-state index < -0.39 is 4.92 Å². The van der Waals surface area contributed by atoms with Crippen LogP contribution >= 0.6 is 0 Å². The molecule has 1 N–H and O–H groups in total. The molecule has 0 saturated carbocycles. The number of ether oxygens (including phenoxy) is 1. The van der Waals surface area contributed by atoms with Gasteiger partial charge in [-0.25, -0.2) is 0 Å². The minimum absolute atomic E-state index is 0.0691. The van der Waals surface area contributed by atoms with Crippen molar-refractivity contribution in [2.24, 2.45) is 0 Å². The van der Waals surface area contributed by atoms with E-state index in [1.54, 1.807) is 0 Å². The number of morpholine rings is 1. The molecule has 2 atom stereocenters. The van der Waals surface area contributed by atoms with Gasteiger partial charge in [0.2, 0.25) is 5.91 Å². The number of nitro groups is 1. The zero-order valence-corrected chi connectivity index (χ0v) is 13.5. The van der Waals surface area contributed by atoms with Gasteiger partial charge in [-0.05, 0) is 13.8 Å². The average molecular weight is 325 g/mol. The van der Waals surface area contributed by atoms with E-state index in [2.05, 4.69) is 29.2 Å². The van der Waals surface area contributed by atoms with Crippen molar-refractivity contribution < 1.29 is 14.5 Å². The van der Waals surface area contributed by atoms with E-state index in [0.29, 0.717) is 19.1 Å². The number of aromatic nitrogens is 2. The van der Waals surface area contributed by atoms with Crippen LogP contribution < -0.4 is 5.32 Å². The van der Waals surface area contributed by atoms with Gasteiger partial charge in [0.05, 0.1) is 18.1 Å². The lowest BCUT2D eigenvalue weighted by Crippen LogP contribution is -2.51. The molecule has 2 rings (SSSR count). The lowest BCUT2D eigenvalue weighted by molar-refractivity contribution is -0.385. The summed E-state index contributed by atoms with van der Waals surface area (Å²) in [4.78, 5) is 24.3. The Morgan fingerprint density at radius 3 is 3.09 bits per heavy atom. The van der Waals surface area contributed by atoms with Crippen molar-refractivity contribution in [1.82, 2.24) is 20.0 Å². The van der Waals surface area contributed by atoms with Gasteiger partial charge >= 0.3 is 5.69 Å². The summed E-state index contributed by atoms with van der Waals surface area (Å²) < 4.78 is 6.82. The molecule has 2 heterocycles. The van der Waals surface area contributed by atoms with E-state index in [4.69, 9.17) is 4.74 Å². The first-order chi connectivity index (χ1) is 11.0. The van der Waals surface area contributed by atoms with Gasteiger partial charge < -0.3 is 10.1 Å². The zero-order chi connectivity index (χ0) is 16.8. The smallest absolute Gasteiger partial charge is 0.306 e. The molecule has 1 aromatic heterocycles. The number of hydrogen-bond donors (Lipinski definition) is 1. The highest BCUT2D eigenvalue weighted by atomic mass is 16.6. The molecule has 1 saturated heterocycles. The highest BCUT2D eigenvalue weighted by Gasteiger charge is 2.23. The van der Waals surface area contributed by atoms with Gasteiger partial charge in [-0.2, -0.15) is 5.10 Å². The third-order valence-corrected chi connectivity index (χ3v) is 3.98. The Bertz CT molecular complexity index is 547. The quantitative estimate of drug-likeness (QED) is 0.575. The molecule has 1 aliphatic rings. The Morgan fingerprint density at radius 1 is 1.65 bits per heavy atom. The molecular formula is C14H23N5O4. The zero-order valence-electron chi connectivity index (χ0n) is 13.5. The van der Waals surface area contributed by atoms with Crippen LogP contribution in [-0.2, 0) is 16.1 Å². The fourth-order valence-corrected chi connectivity index (χ4v) is 2.65. The third-order valence-electron chi connectivity index (χ3n) is 3.98. The maximum Gasteiger partial charge on any atom is 0.306 e. The van der Waals surface area contributed by atoms with Gasteiger partial charge in [0.1, 0.15) is 12.4 Å². The number of rotatable bonds is 7. The number of nitrogens with one attached hydrogen (secondary N) is 1. The molecule has 1 fully saturated rings. The predicted octanol–water partition coefficient (Wildman–Crippen LogP) is 0.407. The van der Waals surface area contributed by atoms with Crippen molar-refractivity contribution in [2.75, 3.05) is 26.3 Å². The normalized spacial score (nSPS) is 20.2. The van der Waals surface area contributed by atoms with Crippen molar-refractivity contribution in [3.63, 3.8) is 0 Å². The van der Waals surface area contributed by atoms with Gasteiger partial charge in [-0.1, -0.05) is 0 Å². The van der Waals surface area contributed by atoms with Crippen molar-refractivity contribution >= 4 is 11.6 Å². The van der Waals surface area contributed by atoms with Crippen LogP contribution in [0.2, 0.25) is 0 Å². The molecular weight excluding hydrogens is 302 g/mol. The number of nitrogens with zero attached hydrogens (tertiary/aromatic N) is 4. The molecule has 0 radical (unpaired) electrons. The number of hydrogen-bond acceptors (Lipinski definition) is 6. The largest absolute Gasteiger partial charge is 0.379 e. The standard InChI is InChI=1S/C14H23N5O4/c1-11(18-5-6-23-10-12(18)2)7-15-14(20)3-4-17-9-13(8-16-17)19(21)22/h8-9,11-12H,3-7,10H2,1-2H3,(H,15,20)/t11-,12-/m1/s1. The summed E-state index contributed by atoms with van der Waals surface area (Å²) in [6.45, 7) is 7.40. The lowest BCUT2D eigenvalue weighted by atomic mass is 10.2. The van der Waals surface area contributed by atoms with Crippen LogP contribution in [0.15, 0.2) is 12.4 Å². The molecule has 128 valence electrons. The SMILES string of the molecule is C[C@H](CNC(=O)CCn1cc([N+](=O)[O-])cn1)N1CCOC[C@H]1C.